The van der Waals surface area contributed by atoms with Gasteiger partial charge >= 0.3 is 5.97 Å². The second-order valence-corrected chi connectivity index (χ2v) is 5.73. The molecule has 2 atom stereocenters. The molecule has 0 spiro atoms. The molecule has 3 heteroatoms. The first-order valence-electron chi connectivity index (χ1n) is 6.54. The lowest BCUT2D eigenvalue weighted by Crippen LogP contribution is -2.39. The molecule has 16 heavy (non-hydrogen) atoms. The number of nitrogens with zero attached hydrogens (tertiary/aromatic N) is 1. The van der Waals surface area contributed by atoms with E-state index in [1.807, 2.05) is 0 Å². The van der Waals surface area contributed by atoms with E-state index in [1.165, 1.54) is 19.3 Å². The minimum Gasteiger partial charge on any atom is -0.481 e. The second kappa shape index (κ2) is 4.36. The zero-order valence-electron chi connectivity index (χ0n) is 10.4. The van der Waals surface area contributed by atoms with Gasteiger partial charge in [0.1, 0.15) is 0 Å². The summed E-state index contributed by atoms with van der Waals surface area (Å²) < 4.78 is 0. The first kappa shape index (κ1) is 11.9. The maximum Gasteiger partial charge on any atom is 0.303 e. The standard InChI is InChI=1S/C13H23NO2/c1-3-11-5-4-10(2)14(11)9-13(6-7-13)8-12(15)16/h10-11H,3-9H2,1-2H3,(H,15,16). The Kier molecular flexibility index (Phi) is 3.24. The predicted octanol–water partition coefficient (Wildman–Crippen LogP) is 2.50. The van der Waals surface area contributed by atoms with Crippen molar-refractivity contribution in [2.45, 2.75) is 64.5 Å². The molecular weight excluding hydrogens is 202 g/mol. The molecule has 2 fully saturated rings. The Hall–Kier alpha value is -0.570. The molecule has 1 N–H and O–H groups in total. The largest absolute Gasteiger partial charge is 0.481 e. The van der Waals surface area contributed by atoms with Crippen LogP contribution in [0.3, 0.4) is 0 Å². The lowest BCUT2D eigenvalue weighted by molar-refractivity contribution is -0.138. The van der Waals surface area contributed by atoms with E-state index in [0.29, 0.717) is 18.5 Å². The van der Waals surface area contributed by atoms with Gasteiger partial charge in [-0.25, -0.2) is 0 Å². The fourth-order valence-electron chi connectivity index (χ4n) is 3.12. The molecule has 1 heterocycles. The molecule has 2 rings (SSSR count). The van der Waals surface area contributed by atoms with Crippen molar-refractivity contribution in [1.29, 1.82) is 0 Å². The molecule has 1 aliphatic heterocycles. The Morgan fingerprint density at radius 3 is 2.62 bits per heavy atom. The van der Waals surface area contributed by atoms with Gasteiger partial charge in [-0.2, -0.15) is 0 Å². The van der Waals surface area contributed by atoms with Gasteiger partial charge in [0.15, 0.2) is 0 Å². The second-order valence-electron chi connectivity index (χ2n) is 5.73. The van der Waals surface area contributed by atoms with Crippen LogP contribution in [0.4, 0.5) is 0 Å². The molecule has 2 unspecified atom stereocenters. The summed E-state index contributed by atoms with van der Waals surface area (Å²) in [5, 5.41) is 8.93. The molecule has 3 nitrogen and oxygen atoms in total. The molecule has 92 valence electrons. The summed E-state index contributed by atoms with van der Waals surface area (Å²) in [5.74, 6) is -0.627. The molecule has 0 aromatic carbocycles. The first-order valence-corrected chi connectivity index (χ1v) is 6.54. The van der Waals surface area contributed by atoms with Crippen molar-refractivity contribution >= 4 is 5.97 Å². The zero-order valence-corrected chi connectivity index (χ0v) is 10.4. The number of carboxylic acid groups (broad SMARTS) is 1. The van der Waals surface area contributed by atoms with Crippen molar-refractivity contribution in [2.24, 2.45) is 5.41 Å². The summed E-state index contributed by atoms with van der Waals surface area (Å²) in [7, 11) is 0. The summed E-state index contributed by atoms with van der Waals surface area (Å²) in [5.41, 5.74) is 0.123. The van der Waals surface area contributed by atoms with Crippen molar-refractivity contribution in [2.75, 3.05) is 6.54 Å². The average Bonchev–Trinajstić information content (AvgIpc) is 2.86. The smallest absolute Gasteiger partial charge is 0.303 e. The number of carbonyl (C=O) groups is 1. The number of likely N-dealkylation sites (tertiary alicyclic amines) is 1. The van der Waals surface area contributed by atoms with E-state index in [1.54, 1.807) is 0 Å². The predicted molar refractivity (Wildman–Crippen MR) is 63.4 cm³/mol. The van der Waals surface area contributed by atoms with Crippen LogP contribution in [0, 0.1) is 5.41 Å². The molecule has 1 saturated carbocycles. The van der Waals surface area contributed by atoms with Crippen LogP contribution in [0.15, 0.2) is 0 Å². The monoisotopic (exact) mass is 225 g/mol. The highest BCUT2D eigenvalue weighted by atomic mass is 16.4. The molecule has 1 saturated heterocycles. The number of hydrogen-bond acceptors (Lipinski definition) is 2. The Morgan fingerprint density at radius 2 is 2.12 bits per heavy atom. The lowest BCUT2D eigenvalue weighted by Gasteiger charge is -2.31. The third kappa shape index (κ3) is 2.40. The summed E-state index contributed by atoms with van der Waals surface area (Å²) >= 11 is 0. The van der Waals surface area contributed by atoms with Crippen LogP contribution in [-0.4, -0.2) is 34.6 Å². The molecular formula is C13H23NO2. The van der Waals surface area contributed by atoms with Crippen LogP contribution in [-0.2, 0) is 4.79 Å². The van der Waals surface area contributed by atoms with E-state index in [0.717, 1.165) is 19.4 Å². The number of rotatable bonds is 5. The fourth-order valence-corrected chi connectivity index (χ4v) is 3.12. The highest BCUT2D eigenvalue weighted by Gasteiger charge is 2.47. The van der Waals surface area contributed by atoms with E-state index >= 15 is 0 Å². The van der Waals surface area contributed by atoms with Crippen molar-refractivity contribution in [1.82, 2.24) is 4.90 Å². The van der Waals surface area contributed by atoms with Crippen LogP contribution < -0.4 is 0 Å². The van der Waals surface area contributed by atoms with Gasteiger partial charge in [-0.05, 0) is 44.4 Å². The van der Waals surface area contributed by atoms with E-state index in [9.17, 15) is 4.79 Å². The summed E-state index contributed by atoms with van der Waals surface area (Å²) in [6.45, 7) is 5.54. The number of carboxylic acids is 1. The zero-order chi connectivity index (χ0) is 11.8. The number of aliphatic carboxylic acids is 1. The van der Waals surface area contributed by atoms with Crippen molar-refractivity contribution < 1.29 is 9.90 Å². The third-order valence-corrected chi connectivity index (χ3v) is 4.43. The highest BCUT2D eigenvalue weighted by Crippen LogP contribution is 2.50. The van der Waals surface area contributed by atoms with Crippen LogP contribution in [0.1, 0.15) is 52.4 Å². The van der Waals surface area contributed by atoms with Gasteiger partial charge in [-0.15, -0.1) is 0 Å². The van der Waals surface area contributed by atoms with Crippen LogP contribution in [0.2, 0.25) is 0 Å². The first-order chi connectivity index (χ1) is 7.56. The van der Waals surface area contributed by atoms with E-state index < -0.39 is 5.97 Å². The van der Waals surface area contributed by atoms with Gasteiger partial charge in [0, 0.05) is 18.6 Å². The van der Waals surface area contributed by atoms with E-state index in [-0.39, 0.29) is 5.41 Å². The van der Waals surface area contributed by atoms with Gasteiger partial charge in [0.2, 0.25) is 0 Å². The summed E-state index contributed by atoms with van der Waals surface area (Å²) in [4.78, 5) is 13.4. The minimum absolute atomic E-state index is 0.123. The normalized spacial score (nSPS) is 32.9. The maximum atomic E-state index is 10.8. The SMILES string of the molecule is CCC1CCC(C)N1CC1(CC(=O)O)CC1. The number of hydrogen-bond donors (Lipinski definition) is 1. The van der Waals surface area contributed by atoms with Gasteiger partial charge in [0.25, 0.3) is 0 Å². The van der Waals surface area contributed by atoms with Gasteiger partial charge < -0.3 is 5.11 Å². The topological polar surface area (TPSA) is 40.5 Å². The van der Waals surface area contributed by atoms with Crippen molar-refractivity contribution in [3.63, 3.8) is 0 Å². The molecule has 0 amide bonds. The van der Waals surface area contributed by atoms with Gasteiger partial charge in [-0.1, -0.05) is 6.92 Å². The van der Waals surface area contributed by atoms with Crippen LogP contribution in [0.5, 0.6) is 0 Å². The molecule has 2 aliphatic rings. The average molecular weight is 225 g/mol. The summed E-state index contributed by atoms with van der Waals surface area (Å²) in [6.07, 6.45) is 6.36. The molecule has 1 aliphatic carbocycles. The molecule has 0 bridgehead atoms. The maximum absolute atomic E-state index is 10.8. The lowest BCUT2D eigenvalue weighted by atomic mass is 10.0. The molecule has 0 radical (unpaired) electrons. The summed E-state index contributed by atoms with van der Waals surface area (Å²) in [6, 6.07) is 1.34. The Morgan fingerprint density at radius 1 is 1.44 bits per heavy atom. The molecule has 0 aromatic rings. The third-order valence-electron chi connectivity index (χ3n) is 4.43. The Balaban J connectivity index is 1.95. The fraction of sp³-hybridized carbons (Fsp3) is 0.923. The quantitative estimate of drug-likeness (QED) is 0.781. The minimum atomic E-state index is -0.627. The Bertz CT molecular complexity index is 273. The van der Waals surface area contributed by atoms with Crippen LogP contribution >= 0.6 is 0 Å². The van der Waals surface area contributed by atoms with E-state index in [4.69, 9.17) is 5.11 Å². The van der Waals surface area contributed by atoms with E-state index in [2.05, 4.69) is 18.7 Å². The van der Waals surface area contributed by atoms with Crippen LogP contribution in [0.25, 0.3) is 0 Å². The van der Waals surface area contributed by atoms with Crippen molar-refractivity contribution in [3.8, 4) is 0 Å². The molecule has 0 aromatic heterocycles. The highest BCUT2D eigenvalue weighted by molar-refractivity contribution is 5.68. The van der Waals surface area contributed by atoms with Crippen molar-refractivity contribution in [3.05, 3.63) is 0 Å². The van der Waals surface area contributed by atoms with Gasteiger partial charge in [-0.3, -0.25) is 9.69 Å². The van der Waals surface area contributed by atoms with Gasteiger partial charge in [0.05, 0.1) is 6.42 Å². The Labute approximate surface area is 97.8 Å².